The number of ether oxygens (including phenoxy) is 1. The third-order valence-corrected chi connectivity index (χ3v) is 5.23. The van der Waals surface area contributed by atoms with Crippen molar-refractivity contribution in [3.8, 4) is 0 Å². The molecular formula is C19H22N6O. The fourth-order valence-electron chi connectivity index (χ4n) is 3.79. The molecule has 134 valence electrons. The van der Waals surface area contributed by atoms with Gasteiger partial charge in [0.1, 0.15) is 18.8 Å². The summed E-state index contributed by atoms with van der Waals surface area (Å²) < 4.78 is 7.71. The number of anilines is 1. The molecule has 2 aliphatic heterocycles. The maximum atomic E-state index is 5.48. The number of piperazine rings is 1. The third kappa shape index (κ3) is 3.04. The Bertz CT molecular complexity index is 892. The third-order valence-electron chi connectivity index (χ3n) is 5.23. The van der Waals surface area contributed by atoms with Gasteiger partial charge in [0.15, 0.2) is 0 Å². The lowest BCUT2D eigenvalue weighted by atomic mass is 10.2. The Kier molecular flexibility index (Phi) is 4.03. The van der Waals surface area contributed by atoms with E-state index in [0.717, 1.165) is 68.3 Å². The van der Waals surface area contributed by atoms with Crippen molar-refractivity contribution in [1.29, 1.82) is 0 Å². The van der Waals surface area contributed by atoms with E-state index in [1.54, 1.807) is 6.33 Å². The molecule has 0 aliphatic carbocycles. The second kappa shape index (κ2) is 6.66. The normalized spacial score (nSPS) is 18.2. The van der Waals surface area contributed by atoms with Crippen molar-refractivity contribution in [2.75, 3.05) is 37.7 Å². The van der Waals surface area contributed by atoms with E-state index in [0.29, 0.717) is 6.61 Å². The Balaban J connectivity index is 1.23. The summed E-state index contributed by atoms with van der Waals surface area (Å²) in [5.41, 5.74) is 3.40. The summed E-state index contributed by atoms with van der Waals surface area (Å²) >= 11 is 0. The molecule has 0 N–H and O–H groups in total. The molecule has 0 bridgehead atoms. The van der Waals surface area contributed by atoms with Crippen molar-refractivity contribution in [3.05, 3.63) is 48.4 Å². The Morgan fingerprint density at radius 1 is 1.08 bits per heavy atom. The fraction of sp³-hybridized carbons (Fsp3) is 0.421. The van der Waals surface area contributed by atoms with Crippen LogP contribution in [0.4, 0.5) is 5.69 Å². The molecule has 5 rings (SSSR count). The summed E-state index contributed by atoms with van der Waals surface area (Å²) in [6, 6.07) is 6.43. The Morgan fingerprint density at radius 2 is 2.00 bits per heavy atom. The first-order valence-corrected chi connectivity index (χ1v) is 9.15. The topological polar surface area (TPSA) is 59.3 Å². The summed E-state index contributed by atoms with van der Waals surface area (Å²) in [6.45, 7) is 7.40. The Morgan fingerprint density at radius 3 is 2.88 bits per heavy atom. The van der Waals surface area contributed by atoms with Crippen LogP contribution in [0.15, 0.2) is 36.9 Å². The molecule has 2 aromatic heterocycles. The highest BCUT2D eigenvalue weighted by Crippen LogP contribution is 2.22. The van der Waals surface area contributed by atoms with Crippen molar-refractivity contribution in [3.63, 3.8) is 0 Å². The van der Waals surface area contributed by atoms with E-state index in [9.17, 15) is 0 Å². The minimum absolute atomic E-state index is 0.638. The summed E-state index contributed by atoms with van der Waals surface area (Å²) in [4.78, 5) is 18.1. The van der Waals surface area contributed by atoms with E-state index >= 15 is 0 Å². The van der Waals surface area contributed by atoms with Gasteiger partial charge in [0.05, 0.1) is 17.8 Å². The largest absolute Gasteiger partial charge is 0.372 e. The van der Waals surface area contributed by atoms with Crippen molar-refractivity contribution in [1.82, 2.24) is 24.4 Å². The predicted molar refractivity (Wildman–Crippen MR) is 98.9 cm³/mol. The minimum atomic E-state index is 0.638. The van der Waals surface area contributed by atoms with Crippen LogP contribution in [0.25, 0.3) is 10.9 Å². The zero-order valence-electron chi connectivity index (χ0n) is 14.7. The number of hydrogen-bond acceptors (Lipinski definition) is 6. The lowest BCUT2D eigenvalue weighted by Gasteiger charge is -2.35. The number of nitrogens with zero attached hydrogens (tertiary/aromatic N) is 6. The summed E-state index contributed by atoms with van der Waals surface area (Å²) in [7, 11) is 0. The molecule has 2 aliphatic rings. The number of benzene rings is 1. The van der Waals surface area contributed by atoms with E-state index < -0.39 is 0 Å². The van der Waals surface area contributed by atoms with Crippen LogP contribution in [0.5, 0.6) is 0 Å². The fourth-order valence-corrected chi connectivity index (χ4v) is 3.79. The minimum Gasteiger partial charge on any atom is -0.372 e. The van der Waals surface area contributed by atoms with Gasteiger partial charge in [-0.2, -0.15) is 0 Å². The number of rotatable bonds is 3. The van der Waals surface area contributed by atoms with Crippen LogP contribution in [-0.4, -0.2) is 57.2 Å². The average Bonchev–Trinajstić information content (AvgIpc) is 3.10. The maximum absolute atomic E-state index is 5.48. The standard InChI is InChI=1S/C19H22N6O/c1-2-18-15(10-20-14-21-18)9-17(1)24-5-3-23(4-6-24)11-16-12-25-7-8-26-13-19(25)22-16/h1-2,9-10,12,14H,3-8,11,13H2. The Hall–Kier alpha value is -2.51. The molecule has 1 fully saturated rings. The van der Waals surface area contributed by atoms with E-state index in [1.165, 1.54) is 5.69 Å². The average molecular weight is 350 g/mol. The molecule has 0 atom stereocenters. The number of imidazole rings is 1. The lowest BCUT2D eigenvalue weighted by molar-refractivity contribution is 0.0816. The first-order valence-electron chi connectivity index (χ1n) is 9.15. The van der Waals surface area contributed by atoms with E-state index in [1.807, 2.05) is 6.20 Å². The maximum Gasteiger partial charge on any atom is 0.135 e. The van der Waals surface area contributed by atoms with Crippen LogP contribution < -0.4 is 4.90 Å². The molecule has 0 spiro atoms. The number of fused-ring (bicyclic) bond motifs is 2. The molecule has 0 saturated carbocycles. The van der Waals surface area contributed by atoms with Gasteiger partial charge in [-0.1, -0.05) is 0 Å². The molecule has 7 heteroatoms. The lowest BCUT2D eigenvalue weighted by Crippen LogP contribution is -2.46. The predicted octanol–water partition coefficient (Wildman–Crippen LogP) is 1.68. The molecule has 0 radical (unpaired) electrons. The van der Waals surface area contributed by atoms with Gasteiger partial charge in [-0.05, 0) is 18.2 Å². The van der Waals surface area contributed by atoms with Crippen LogP contribution >= 0.6 is 0 Å². The zero-order chi connectivity index (χ0) is 17.3. The van der Waals surface area contributed by atoms with Crippen molar-refractivity contribution in [2.24, 2.45) is 0 Å². The van der Waals surface area contributed by atoms with Crippen LogP contribution in [0.1, 0.15) is 11.5 Å². The van der Waals surface area contributed by atoms with Gasteiger partial charge in [-0.15, -0.1) is 0 Å². The summed E-state index contributed by atoms with van der Waals surface area (Å²) in [5.74, 6) is 1.06. The van der Waals surface area contributed by atoms with Crippen LogP contribution in [0.3, 0.4) is 0 Å². The number of hydrogen-bond donors (Lipinski definition) is 0. The van der Waals surface area contributed by atoms with Gasteiger partial charge in [0, 0.05) is 62.7 Å². The molecule has 1 saturated heterocycles. The molecule has 26 heavy (non-hydrogen) atoms. The van der Waals surface area contributed by atoms with Gasteiger partial charge in [0.2, 0.25) is 0 Å². The molecular weight excluding hydrogens is 328 g/mol. The molecule has 1 aromatic carbocycles. The number of aromatic nitrogens is 4. The van der Waals surface area contributed by atoms with Crippen LogP contribution in [-0.2, 0) is 24.4 Å². The second-order valence-corrected chi connectivity index (χ2v) is 6.92. The van der Waals surface area contributed by atoms with Crippen molar-refractivity contribution >= 4 is 16.6 Å². The van der Waals surface area contributed by atoms with E-state index in [-0.39, 0.29) is 0 Å². The van der Waals surface area contributed by atoms with Crippen molar-refractivity contribution in [2.45, 2.75) is 19.7 Å². The van der Waals surface area contributed by atoms with Gasteiger partial charge >= 0.3 is 0 Å². The van der Waals surface area contributed by atoms with Crippen LogP contribution in [0.2, 0.25) is 0 Å². The molecule has 3 aromatic rings. The smallest absolute Gasteiger partial charge is 0.135 e. The van der Waals surface area contributed by atoms with Gasteiger partial charge < -0.3 is 14.2 Å². The molecule has 0 amide bonds. The highest BCUT2D eigenvalue weighted by molar-refractivity contribution is 5.81. The highest BCUT2D eigenvalue weighted by atomic mass is 16.5. The van der Waals surface area contributed by atoms with E-state index in [4.69, 9.17) is 9.72 Å². The zero-order valence-corrected chi connectivity index (χ0v) is 14.7. The molecule has 7 nitrogen and oxygen atoms in total. The SMILES string of the molecule is c1ncc2cc(N3CCN(Cc4cn5c(n4)COCC5)CC3)ccc2n1. The van der Waals surface area contributed by atoms with E-state index in [2.05, 4.69) is 48.7 Å². The second-order valence-electron chi connectivity index (χ2n) is 6.92. The summed E-state index contributed by atoms with van der Waals surface area (Å²) in [5, 5.41) is 1.10. The van der Waals surface area contributed by atoms with Gasteiger partial charge in [0.25, 0.3) is 0 Å². The van der Waals surface area contributed by atoms with Gasteiger partial charge in [-0.25, -0.2) is 15.0 Å². The highest BCUT2D eigenvalue weighted by Gasteiger charge is 2.20. The van der Waals surface area contributed by atoms with Gasteiger partial charge in [-0.3, -0.25) is 4.90 Å². The Labute approximate surface area is 152 Å². The monoisotopic (exact) mass is 350 g/mol. The molecule has 0 unspecified atom stereocenters. The van der Waals surface area contributed by atoms with Crippen LogP contribution in [0, 0.1) is 0 Å². The van der Waals surface area contributed by atoms with Crippen molar-refractivity contribution < 1.29 is 4.74 Å². The first-order chi connectivity index (χ1) is 12.8. The first kappa shape index (κ1) is 15.7. The quantitative estimate of drug-likeness (QED) is 0.716. The molecule has 4 heterocycles. The summed E-state index contributed by atoms with van der Waals surface area (Å²) in [6.07, 6.45) is 5.67.